The summed E-state index contributed by atoms with van der Waals surface area (Å²) in [6, 6.07) is 0. The highest BCUT2D eigenvalue weighted by Crippen LogP contribution is 2.66. The van der Waals surface area contributed by atoms with Crippen molar-refractivity contribution >= 4 is 11.6 Å². The van der Waals surface area contributed by atoms with Crippen LogP contribution in [0.4, 0.5) is 0 Å². The largest absolute Gasteiger partial charge is 0.385 e. The number of aliphatic hydroxyl groups is 1. The molecule has 3 nitrogen and oxygen atoms in total. The van der Waals surface area contributed by atoms with Gasteiger partial charge in [-0.15, -0.1) is 0 Å². The van der Waals surface area contributed by atoms with Crippen molar-refractivity contribution in [1.29, 1.82) is 0 Å². The first-order valence-electron chi connectivity index (χ1n) is 9.71. The van der Waals surface area contributed by atoms with Gasteiger partial charge >= 0.3 is 0 Å². The number of ketones is 2. The van der Waals surface area contributed by atoms with Gasteiger partial charge in [-0.25, -0.2) is 0 Å². The van der Waals surface area contributed by atoms with Gasteiger partial charge in [0, 0.05) is 5.92 Å². The lowest BCUT2D eigenvalue weighted by Gasteiger charge is -2.58. The monoisotopic (exact) mass is 330 g/mol. The average molecular weight is 330 g/mol. The molecule has 1 N–H and O–H groups in total. The number of hydrogen-bond acceptors (Lipinski definition) is 3. The lowest BCUT2D eigenvalue weighted by molar-refractivity contribution is -0.132. The molecule has 0 aromatic heterocycles. The molecular formula is C21H30O3. The minimum Gasteiger partial charge on any atom is -0.385 e. The van der Waals surface area contributed by atoms with Crippen molar-refractivity contribution in [3.63, 3.8) is 0 Å². The van der Waals surface area contributed by atoms with E-state index in [1.807, 2.05) is 0 Å². The molecular weight excluding hydrogens is 300 g/mol. The molecule has 24 heavy (non-hydrogen) atoms. The summed E-state index contributed by atoms with van der Waals surface area (Å²) in [5, 5.41) is 10.2. The van der Waals surface area contributed by atoms with E-state index in [0.717, 1.165) is 32.1 Å². The van der Waals surface area contributed by atoms with Crippen LogP contribution in [-0.2, 0) is 9.59 Å². The second kappa shape index (κ2) is 5.27. The van der Waals surface area contributed by atoms with Crippen LogP contribution in [0.25, 0.3) is 0 Å². The summed E-state index contributed by atoms with van der Waals surface area (Å²) in [6.07, 6.45) is 8.17. The molecule has 0 unspecified atom stereocenters. The van der Waals surface area contributed by atoms with Crippen molar-refractivity contribution < 1.29 is 14.7 Å². The van der Waals surface area contributed by atoms with Crippen molar-refractivity contribution in [3.05, 3.63) is 11.6 Å². The summed E-state index contributed by atoms with van der Waals surface area (Å²) < 4.78 is 0. The maximum Gasteiger partial charge on any atom is 0.184 e. The Morgan fingerprint density at radius 3 is 2.62 bits per heavy atom. The normalized spacial score (nSPS) is 50.6. The lowest BCUT2D eigenvalue weighted by Crippen LogP contribution is -2.52. The van der Waals surface area contributed by atoms with Gasteiger partial charge in [-0.05, 0) is 86.5 Å². The number of hydrogen-bond donors (Lipinski definition) is 1. The number of allylic oxidation sites excluding steroid dienone is 1. The zero-order valence-corrected chi connectivity index (χ0v) is 15.2. The summed E-state index contributed by atoms with van der Waals surface area (Å²) >= 11 is 0. The predicted molar refractivity (Wildman–Crippen MR) is 92.3 cm³/mol. The van der Waals surface area contributed by atoms with Crippen LogP contribution in [-0.4, -0.2) is 22.8 Å². The van der Waals surface area contributed by atoms with E-state index in [9.17, 15) is 14.7 Å². The average Bonchev–Trinajstić information content (AvgIpc) is 2.86. The van der Waals surface area contributed by atoms with Gasteiger partial charge in [0.1, 0.15) is 11.9 Å². The summed E-state index contributed by atoms with van der Waals surface area (Å²) in [5.41, 5.74) is 1.43. The Morgan fingerprint density at radius 2 is 1.92 bits per heavy atom. The fourth-order valence-corrected chi connectivity index (χ4v) is 7.28. The fraction of sp³-hybridized carbons (Fsp3) is 0.810. The Bertz CT molecular complexity index is 621. The third kappa shape index (κ3) is 2.06. The molecule has 7 atom stereocenters. The molecule has 0 aromatic carbocycles. The maximum absolute atomic E-state index is 12.2. The molecule has 0 saturated heterocycles. The number of carbonyl (C=O) groups excluding carboxylic acids is 2. The molecule has 4 aliphatic carbocycles. The molecule has 0 aliphatic heterocycles. The van der Waals surface area contributed by atoms with Crippen LogP contribution in [0.2, 0.25) is 0 Å². The van der Waals surface area contributed by atoms with Gasteiger partial charge in [0.25, 0.3) is 0 Å². The molecule has 4 aliphatic rings. The SMILES string of the molecule is CC(=O)[C@H]1CC[C@H]2[C@@H]3CCC4=CC(=O)[C@@H](O)C[C@]4(C)[C@H]3CC[C@]12C. The second-order valence-electron chi connectivity index (χ2n) is 9.41. The Hall–Kier alpha value is -0.960. The molecule has 0 amide bonds. The highest BCUT2D eigenvalue weighted by Gasteiger charge is 2.60. The lowest BCUT2D eigenvalue weighted by atomic mass is 9.46. The summed E-state index contributed by atoms with van der Waals surface area (Å²) in [5.74, 6) is 2.36. The molecule has 0 aromatic rings. The van der Waals surface area contributed by atoms with E-state index in [-0.39, 0.29) is 22.5 Å². The van der Waals surface area contributed by atoms with Crippen molar-refractivity contribution in [2.45, 2.75) is 71.8 Å². The first kappa shape index (κ1) is 16.5. The summed E-state index contributed by atoms with van der Waals surface area (Å²) in [4.78, 5) is 24.1. The molecule has 4 rings (SSSR count). The fourth-order valence-electron chi connectivity index (χ4n) is 7.28. The predicted octanol–water partition coefficient (Wildman–Crippen LogP) is 3.69. The standard InChI is InChI=1S/C21H30O3/c1-12(22)15-6-7-16-14-5-4-13-10-18(23)19(24)11-21(13,3)17(14)8-9-20(15,16)2/h10,14-17,19,24H,4-9,11H2,1-3H3/t14-,15+,16-,17-,19-,20+,21-/m0/s1. The molecule has 3 heteroatoms. The van der Waals surface area contributed by atoms with Crippen LogP contribution in [0.5, 0.6) is 0 Å². The smallest absolute Gasteiger partial charge is 0.184 e. The third-order valence-electron chi connectivity index (χ3n) is 8.49. The van der Waals surface area contributed by atoms with E-state index in [1.165, 1.54) is 12.0 Å². The Balaban J connectivity index is 1.68. The molecule has 132 valence electrons. The van der Waals surface area contributed by atoms with Gasteiger partial charge in [0.05, 0.1) is 0 Å². The van der Waals surface area contributed by atoms with E-state index >= 15 is 0 Å². The number of rotatable bonds is 1. The number of fused-ring (bicyclic) bond motifs is 5. The molecule has 3 fully saturated rings. The number of Topliss-reactive ketones (excluding diaryl/α,β-unsaturated/α-hetero) is 1. The second-order valence-corrected chi connectivity index (χ2v) is 9.41. The van der Waals surface area contributed by atoms with E-state index in [2.05, 4.69) is 13.8 Å². The van der Waals surface area contributed by atoms with E-state index < -0.39 is 6.10 Å². The van der Waals surface area contributed by atoms with Crippen LogP contribution in [0.3, 0.4) is 0 Å². The van der Waals surface area contributed by atoms with E-state index in [4.69, 9.17) is 0 Å². The zero-order valence-electron chi connectivity index (χ0n) is 15.2. The highest BCUT2D eigenvalue weighted by atomic mass is 16.3. The first-order chi connectivity index (χ1) is 11.3. The summed E-state index contributed by atoms with van der Waals surface area (Å²) in [6.45, 7) is 6.42. The van der Waals surface area contributed by atoms with Crippen molar-refractivity contribution in [2.24, 2.45) is 34.5 Å². The van der Waals surface area contributed by atoms with Crippen LogP contribution in [0, 0.1) is 34.5 Å². The van der Waals surface area contributed by atoms with Crippen molar-refractivity contribution in [1.82, 2.24) is 0 Å². The van der Waals surface area contributed by atoms with Crippen molar-refractivity contribution in [3.8, 4) is 0 Å². The Labute approximate surface area is 144 Å². The van der Waals surface area contributed by atoms with Crippen LogP contribution >= 0.6 is 0 Å². The van der Waals surface area contributed by atoms with Gasteiger partial charge in [0.15, 0.2) is 5.78 Å². The van der Waals surface area contributed by atoms with Gasteiger partial charge in [0.2, 0.25) is 0 Å². The number of carbonyl (C=O) groups is 2. The quantitative estimate of drug-likeness (QED) is 0.797. The third-order valence-corrected chi connectivity index (χ3v) is 8.49. The van der Waals surface area contributed by atoms with Gasteiger partial charge in [-0.2, -0.15) is 0 Å². The molecule has 0 radical (unpaired) electrons. The molecule has 0 bridgehead atoms. The van der Waals surface area contributed by atoms with Crippen LogP contribution in [0.1, 0.15) is 65.7 Å². The molecule has 3 saturated carbocycles. The summed E-state index contributed by atoms with van der Waals surface area (Å²) in [7, 11) is 0. The zero-order chi connectivity index (χ0) is 17.3. The van der Waals surface area contributed by atoms with Gasteiger partial charge in [-0.1, -0.05) is 19.4 Å². The Morgan fingerprint density at radius 1 is 1.17 bits per heavy atom. The minimum absolute atomic E-state index is 0.0219. The van der Waals surface area contributed by atoms with Gasteiger partial charge < -0.3 is 5.11 Å². The van der Waals surface area contributed by atoms with E-state index in [1.54, 1.807) is 13.0 Å². The molecule has 0 spiro atoms. The Kier molecular flexibility index (Phi) is 3.62. The molecule has 0 heterocycles. The van der Waals surface area contributed by atoms with E-state index in [0.29, 0.717) is 30.0 Å². The number of aliphatic hydroxyl groups excluding tert-OH is 1. The van der Waals surface area contributed by atoms with Crippen LogP contribution in [0.15, 0.2) is 11.6 Å². The van der Waals surface area contributed by atoms with Gasteiger partial charge in [-0.3, -0.25) is 9.59 Å². The topological polar surface area (TPSA) is 54.4 Å². The maximum atomic E-state index is 12.2. The highest BCUT2D eigenvalue weighted by molar-refractivity contribution is 5.95. The first-order valence-corrected chi connectivity index (χ1v) is 9.71. The van der Waals surface area contributed by atoms with Crippen LogP contribution < -0.4 is 0 Å². The minimum atomic E-state index is -0.820. The van der Waals surface area contributed by atoms with Crippen molar-refractivity contribution in [2.75, 3.05) is 0 Å².